The monoisotopic (exact) mass is 244 g/mol. The third-order valence-corrected chi connectivity index (χ3v) is 2.77. The molecule has 2 heterocycles. The van der Waals surface area contributed by atoms with Crippen molar-refractivity contribution < 1.29 is 14.3 Å². The molecule has 1 N–H and O–H groups in total. The maximum Gasteiger partial charge on any atom is 0.177 e. The van der Waals surface area contributed by atoms with Gasteiger partial charge < -0.3 is 14.5 Å². The maximum absolute atomic E-state index is 11.2. The summed E-state index contributed by atoms with van der Waals surface area (Å²) < 4.78 is 11.0. The summed E-state index contributed by atoms with van der Waals surface area (Å²) >= 11 is 0. The van der Waals surface area contributed by atoms with Crippen molar-refractivity contribution in [3.05, 3.63) is 30.1 Å². The number of carbonyl (C=O) groups excluding carboxylic acids is 1. The van der Waals surface area contributed by atoms with Crippen LogP contribution < -0.4 is 9.47 Å². The third-order valence-electron chi connectivity index (χ3n) is 2.77. The largest absolute Gasteiger partial charge is 0.486 e. The molecule has 2 aromatic rings. The molecule has 0 bridgehead atoms. The average Bonchev–Trinajstić information content (AvgIpc) is 2.88. The van der Waals surface area contributed by atoms with E-state index in [-0.39, 0.29) is 5.78 Å². The van der Waals surface area contributed by atoms with Crippen molar-refractivity contribution in [1.82, 2.24) is 9.97 Å². The van der Waals surface area contributed by atoms with Crippen LogP contribution in [0, 0.1) is 0 Å². The van der Waals surface area contributed by atoms with Crippen LogP contribution in [0.1, 0.15) is 17.4 Å². The highest BCUT2D eigenvalue weighted by atomic mass is 16.6. The molecule has 0 unspecified atom stereocenters. The van der Waals surface area contributed by atoms with Gasteiger partial charge in [-0.1, -0.05) is 0 Å². The van der Waals surface area contributed by atoms with E-state index in [4.69, 9.17) is 9.47 Å². The van der Waals surface area contributed by atoms with E-state index in [2.05, 4.69) is 9.97 Å². The molecule has 0 atom stereocenters. The molecule has 0 aliphatic carbocycles. The number of nitrogens with zero attached hydrogens (tertiary/aromatic N) is 1. The molecular formula is C13H12N2O3. The molecule has 0 saturated carbocycles. The second kappa shape index (κ2) is 4.18. The van der Waals surface area contributed by atoms with Crippen molar-refractivity contribution >= 4 is 5.78 Å². The Balaban J connectivity index is 1.98. The Morgan fingerprint density at radius 3 is 2.78 bits per heavy atom. The van der Waals surface area contributed by atoms with Crippen molar-refractivity contribution in [1.29, 1.82) is 0 Å². The molecule has 18 heavy (non-hydrogen) atoms. The first-order chi connectivity index (χ1) is 8.74. The van der Waals surface area contributed by atoms with Gasteiger partial charge in [-0.15, -0.1) is 0 Å². The number of hydrogen-bond donors (Lipinski definition) is 1. The molecule has 0 amide bonds. The van der Waals surface area contributed by atoms with E-state index in [0.717, 1.165) is 11.3 Å². The molecule has 92 valence electrons. The molecular weight excluding hydrogens is 232 g/mol. The van der Waals surface area contributed by atoms with Gasteiger partial charge in [0.05, 0.1) is 6.20 Å². The summed E-state index contributed by atoms with van der Waals surface area (Å²) in [6.07, 6.45) is 1.54. The Kier molecular flexibility index (Phi) is 2.51. The molecule has 1 aliphatic heterocycles. The SMILES string of the molecule is CC(=O)c1cnc(-c2ccc3c(c2)OCCO3)[nH]1. The number of carbonyl (C=O) groups is 1. The van der Waals surface area contributed by atoms with Gasteiger partial charge >= 0.3 is 0 Å². The molecule has 1 aromatic heterocycles. The number of Topliss-reactive ketones (excluding diaryl/α,β-unsaturated/α-hetero) is 1. The van der Waals surface area contributed by atoms with Crippen LogP contribution in [0.15, 0.2) is 24.4 Å². The van der Waals surface area contributed by atoms with Crippen molar-refractivity contribution in [2.24, 2.45) is 0 Å². The van der Waals surface area contributed by atoms with Gasteiger partial charge in [-0.25, -0.2) is 4.98 Å². The number of aromatic nitrogens is 2. The zero-order valence-corrected chi connectivity index (χ0v) is 9.90. The van der Waals surface area contributed by atoms with Gasteiger partial charge in [0, 0.05) is 12.5 Å². The lowest BCUT2D eigenvalue weighted by Gasteiger charge is -2.18. The van der Waals surface area contributed by atoms with Crippen molar-refractivity contribution in [3.8, 4) is 22.9 Å². The van der Waals surface area contributed by atoms with Crippen molar-refractivity contribution in [2.45, 2.75) is 6.92 Å². The van der Waals surface area contributed by atoms with Gasteiger partial charge in [0.25, 0.3) is 0 Å². The van der Waals surface area contributed by atoms with Crippen LogP contribution in [-0.2, 0) is 0 Å². The molecule has 3 rings (SSSR count). The summed E-state index contributed by atoms with van der Waals surface area (Å²) in [6.45, 7) is 2.62. The maximum atomic E-state index is 11.2. The zero-order valence-electron chi connectivity index (χ0n) is 9.90. The number of rotatable bonds is 2. The topological polar surface area (TPSA) is 64.2 Å². The Labute approximate surface area is 104 Å². The number of nitrogens with one attached hydrogen (secondary N) is 1. The normalized spacial score (nSPS) is 13.4. The molecule has 0 radical (unpaired) electrons. The number of H-pyrrole nitrogens is 1. The van der Waals surface area contributed by atoms with E-state index in [1.54, 1.807) is 0 Å². The Bertz CT molecular complexity index is 604. The van der Waals surface area contributed by atoms with Gasteiger partial charge in [-0.3, -0.25) is 4.79 Å². The van der Waals surface area contributed by atoms with E-state index in [0.29, 0.717) is 30.5 Å². The number of benzene rings is 1. The minimum atomic E-state index is -0.0358. The third kappa shape index (κ3) is 1.84. The lowest BCUT2D eigenvalue weighted by atomic mass is 10.2. The molecule has 0 spiro atoms. The fourth-order valence-corrected chi connectivity index (χ4v) is 1.84. The quantitative estimate of drug-likeness (QED) is 0.821. The summed E-state index contributed by atoms with van der Waals surface area (Å²) in [4.78, 5) is 18.4. The van der Waals surface area contributed by atoms with Crippen molar-refractivity contribution in [2.75, 3.05) is 13.2 Å². The van der Waals surface area contributed by atoms with E-state index < -0.39 is 0 Å². The fraction of sp³-hybridized carbons (Fsp3) is 0.231. The summed E-state index contributed by atoms with van der Waals surface area (Å²) in [7, 11) is 0. The van der Waals surface area contributed by atoms with Crippen LogP contribution in [-0.4, -0.2) is 29.0 Å². The first kappa shape index (κ1) is 10.8. The van der Waals surface area contributed by atoms with Crippen molar-refractivity contribution in [3.63, 3.8) is 0 Å². The first-order valence-corrected chi connectivity index (χ1v) is 5.70. The van der Waals surface area contributed by atoms with E-state index in [9.17, 15) is 4.79 Å². The number of aromatic amines is 1. The number of ketones is 1. The highest BCUT2D eigenvalue weighted by Gasteiger charge is 2.14. The molecule has 1 aliphatic rings. The van der Waals surface area contributed by atoms with Gasteiger partial charge in [-0.2, -0.15) is 0 Å². The van der Waals surface area contributed by atoms with Gasteiger partial charge in [0.1, 0.15) is 24.7 Å². The Morgan fingerprint density at radius 2 is 2.06 bits per heavy atom. The van der Waals surface area contributed by atoms with Crippen LogP contribution in [0.4, 0.5) is 0 Å². The van der Waals surface area contributed by atoms with Gasteiger partial charge in [0.2, 0.25) is 0 Å². The number of imidazole rings is 1. The van der Waals surface area contributed by atoms with E-state index in [1.165, 1.54) is 13.1 Å². The predicted molar refractivity (Wildman–Crippen MR) is 65.0 cm³/mol. The lowest BCUT2D eigenvalue weighted by Crippen LogP contribution is -2.15. The van der Waals surface area contributed by atoms with Crippen LogP contribution in [0.3, 0.4) is 0 Å². The molecule has 1 aromatic carbocycles. The highest BCUT2D eigenvalue weighted by Crippen LogP contribution is 2.33. The Hall–Kier alpha value is -2.30. The van der Waals surface area contributed by atoms with Gasteiger partial charge in [0.15, 0.2) is 17.3 Å². The molecule has 5 heteroatoms. The summed E-state index contributed by atoms with van der Waals surface area (Å²) in [5.74, 6) is 2.06. The lowest BCUT2D eigenvalue weighted by molar-refractivity contribution is 0.101. The fourth-order valence-electron chi connectivity index (χ4n) is 1.84. The standard InChI is InChI=1S/C13H12N2O3/c1-8(16)10-7-14-13(15-10)9-2-3-11-12(6-9)18-5-4-17-11/h2-3,6-7H,4-5H2,1H3,(H,14,15). The van der Waals surface area contributed by atoms with Gasteiger partial charge in [-0.05, 0) is 18.2 Å². The molecule has 0 saturated heterocycles. The number of hydrogen-bond acceptors (Lipinski definition) is 4. The molecule has 5 nitrogen and oxygen atoms in total. The average molecular weight is 244 g/mol. The summed E-state index contributed by atoms with van der Waals surface area (Å²) in [5.41, 5.74) is 1.37. The minimum absolute atomic E-state index is 0.0358. The van der Waals surface area contributed by atoms with Crippen LogP contribution in [0.2, 0.25) is 0 Å². The van der Waals surface area contributed by atoms with E-state index in [1.807, 2.05) is 18.2 Å². The van der Waals surface area contributed by atoms with Crippen LogP contribution >= 0.6 is 0 Å². The minimum Gasteiger partial charge on any atom is -0.486 e. The summed E-state index contributed by atoms with van der Waals surface area (Å²) in [5, 5.41) is 0. The highest BCUT2D eigenvalue weighted by molar-refractivity contribution is 5.92. The summed E-state index contributed by atoms with van der Waals surface area (Å²) in [6, 6.07) is 5.59. The first-order valence-electron chi connectivity index (χ1n) is 5.70. The number of ether oxygens (including phenoxy) is 2. The van der Waals surface area contributed by atoms with E-state index >= 15 is 0 Å². The number of fused-ring (bicyclic) bond motifs is 1. The predicted octanol–water partition coefficient (Wildman–Crippen LogP) is 2.05. The zero-order chi connectivity index (χ0) is 12.5. The molecule has 0 fully saturated rings. The Morgan fingerprint density at radius 1 is 1.28 bits per heavy atom. The second-order valence-corrected chi connectivity index (χ2v) is 4.06. The second-order valence-electron chi connectivity index (χ2n) is 4.06. The smallest absolute Gasteiger partial charge is 0.177 e. The van der Waals surface area contributed by atoms with Crippen LogP contribution in [0.25, 0.3) is 11.4 Å². The van der Waals surface area contributed by atoms with Crippen LogP contribution in [0.5, 0.6) is 11.5 Å².